The van der Waals surface area contributed by atoms with Crippen molar-refractivity contribution in [1.29, 1.82) is 0 Å². The van der Waals surface area contributed by atoms with E-state index in [9.17, 15) is 0 Å². The van der Waals surface area contributed by atoms with Gasteiger partial charge < -0.3 is 5.73 Å². The van der Waals surface area contributed by atoms with Gasteiger partial charge in [0.05, 0.1) is 15.6 Å². The third-order valence-corrected chi connectivity index (χ3v) is 3.61. The summed E-state index contributed by atoms with van der Waals surface area (Å²) in [4.78, 5) is 0. The molecule has 0 unspecified atom stereocenters. The fourth-order valence-corrected chi connectivity index (χ4v) is 2.31. The first-order valence-electron chi connectivity index (χ1n) is 5.35. The molecule has 2 aromatic carbocycles. The number of nitrogens with two attached hydrogens (primary N) is 1. The van der Waals surface area contributed by atoms with Crippen molar-refractivity contribution in [3.63, 3.8) is 0 Å². The Kier molecular flexibility index (Phi) is 2.65. The molecule has 3 N–H and O–H groups in total. The SMILES string of the molecule is Nc1ccc2[nH]nc(-c3cccc(Cl)c3Cl)c2c1. The third kappa shape index (κ3) is 1.72. The molecule has 1 aromatic heterocycles. The smallest absolute Gasteiger partial charge is 0.102 e. The molecule has 0 aliphatic heterocycles. The minimum absolute atomic E-state index is 0.495. The van der Waals surface area contributed by atoms with Crippen LogP contribution >= 0.6 is 23.2 Å². The van der Waals surface area contributed by atoms with Gasteiger partial charge in [-0.15, -0.1) is 0 Å². The molecular weight excluding hydrogens is 269 g/mol. The molecule has 18 heavy (non-hydrogen) atoms. The van der Waals surface area contributed by atoms with E-state index in [4.69, 9.17) is 28.9 Å². The zero-order chi connectivity index (χ0) is 12.7. The zero-order valence-electron chi connectivity index (χ0n) is 9.24. The average molecular weight is 278 g/mol. The molecule has 5 heteroatoms. The molecule has 1 heterocycles. The Hall–Kier alpha value is -1.71. The molecule has 0 fully saturated rings. The van der Waals surface area contributed by atoms with Crippen LogP contribution in [0.15, 0.2) is 36.4 Å². The van der Waals surface area contributed by atoms with Crippen LogP contribution in [-0.2, 0) is 0 Å². The average Bonchev–Trinajstić information content (AvgIpc) is 2.75. The van der Waals surface area contributed by atoms with Gasteiger partial charge in [0.15, 0.2) is 0 Å². The van der Waals surface area contributed by atoms with Gasteiger partial charge in [-0.25, -0.2) is 0 Å². The van der Waals surface area contributed by atoms with Gasteiger partial charge in [0.25, 0.3) is 0 Å². The maximum absolute atomic E-state index is 6.21. The summed E-state index contributed by atoms with van der Waals surface area (Å²) in [6.07, 6.45) is 0. The van der Waals surface area contributed by atoms with Gasteiger partial charge in [-0.2, -0.15) is 5.10 Å². The highest BCUT2D eigenvalue weighted by Crippen LogP contribution is 2.36. The lowest BCUT2D eigenvalue weighted by atomic mass is 10.1. The molecule has 0 radical (unpaired) electrons. The molecule has 0 spiro atoms. The van der Waals surface area contributed by atoms with Crippen LogP contribution < -0.4 is 5.73 Å². The first-order chi connectivity index (χ1) is 8.66. The number of rotatable bonds is 1. The first kappa shape index (κ1) is 11.4. The van der Waals surface area contributed by atoms with E-state index >= 15 is 0 Å². The Morgan fingerprint density at radius 1 is 1.11 bits per heavy atom. The summed E-state index contributed by atoms with van der Waals surface area (Å²) in [5.74, 6) is 0. The van der Waals surface area contributed by atoms with Crippen LogP contribution in [0.2, 0.25) is 10.0 Å². The number of hydrogen-bond acceptors (Lipinski definition) is 2. The molecule has 3 nitrogen and oxygen atoms in total. The van der Waals surface area contributed by atoms with Crippen molar-refractivity contribution in [3.8, 4) is 11.3 Å². The van der Waals surface area contributed by atoms with Crippen LogP contribution in [0.25, 0.3) is 22.2 Å². The van der Waals surface area contributed by atoms with Crippen LogP contribution in [-0.4, -0.2) is 10.2 Å². The number of nitrogens with zero attached hydrogens (tertiary/aromatic N) is 1. The molecule has 0 saturated carbocycles. The maximum atomic E-state index is 6.21. The van der Waals surface area contributed by atoms with Gasteiger partial charge >= 0.3 is 0 Å². The van der Waals surface area contributed by atoms with Crippen LogP contribution in [0, 0.1) is 0 Å². The number of hydrogen-bond donors (Lipinski definition) is 2. The van der Waals surface area contributed by atoms with Gasteiger partial charge in [-0.1, -0.05) is 35.3 Å². The summed E-state index contributed by atoms with van der Waals surface area (Å²) in [5, 5.41) is 9.17. The van der Waals surface area contributed by atoms with E-state index < -0.39 is 0 Å². The molecule has 0 aliphatic rings. The van der Waals surface area contributed by atoms with Crippen LogP contribution in [0.1, 0.15) is 0 Å². The van der Waals surface area contributed by atoms with Gasteiger partial charge in [-0.05, 0) is 24.3 Å². The molecular formula is C13H9Cl2N3. The number of anilines is 1. The van der Waals surface area contributed by atoms with Crippen LogP contribution in [0.5, 0.6) is 0 Å². The summed E-state index contributed by atoms with van der Waals surface area (Å²) in [6.45, 7) is 0. The fraction of sp³-hybridized carbons (Fsp3) is 0. The summed E-state index contributed by atoms with van der Waals surface area (Å²) < 4.78 is 0. The van der Waals surface area contributed by atoms with E-state index in [0.29, 0.717) is 15.7 Å². The van der Waals surface area contributed by atoms with Crippen molar-refractivity contribution >= 4 is 39.8 Å². The Labute approximate surface area is 114 Å². The number of nitrogens with one attached hydrogen (secondary N) is 1. The van der Waals surface area contributed by atoms with Gasteiger partial charge in [-0.3, -0.25) is 5.10 Å². The largest absolute Gasteiger partial charge is 0.399 e. The Morgan fingerprint density at radius 2 is 1.94 bits per heavy atom. The number of aromatic nitrogens is 2. The minimum atomic E-state index is 0.495. The van der Waals surface area contributed by atoms with E-state index in [-0.39, 0.29) is 0 Å². The Balaban J connectivity index is 2.32. The molecule has 0 saturated heterocycles. The zero-order valence-corrected chi connectivity index (χ0v) is 10.8. The van der Waals surface area contributed by atoms with Crippen molar-refractivity contribution in [2.75, 3.05) is 5.73 Å². The Morgan fingerprint density at radius 3 is 2.78 bits per heavy atom. The molecule has 90 valence electrons. The van der Waals surface area contributed by atoms with Gasteiger partial charge in [0.2, 0.25) is 0 Å². The highest BCUT2D eigenvalue weighted by Gasteiger charge is 2.13. The summed E-state index contributed by atoms with van der Waals surface area (Å²) in [5.41, 5.74) is 8.94. The van der Waals surface area contributed by atoms with E-state index in [0.717, 1.165) is 22.2 Å². The topological polar surface area (TPSA) is 54.7 Å². The van der Waals surface area contributed by atoms with Gasteiger partial charge in [0, 0.05) is 16.6 Å². The highest BCUT2D eigenvalue weighted by atomic mass is 35.5. The summed E-state index contributed by atoms with van der Waals surface area (Å²) in [6, 6.07) is 11.1. The number of benzene rings is 2. The van der Waals surface area contributed by atoms with Crippen LogP contribution in [0.4, 0.5) is 5.69 Å². The van der Waals surface area contributed by atoms with E-state index in [2.05, 4.69) is 10.2 Å². The second-order valence-corrected chi connectivity index (χ2v) is 4.76. The molecule has 0 amide bonds. The molecule has 0 atom stereocenters. The molecule has 3 aromatic rings. The predicted molar refractivity (Wildman–Crippen MR) is 76.0 cm³/mol. The van der Waals surface area contributed by atoms with Crippen molar-refractivity contribution in [2.24, 2.45) is 0 Å². The highest BCUT2D eigenvalue weighted by molar-refractivity contribution is 6.43. The van der Waals surface area contributed by atoms with E-state index in [1.165, 1.54) is 0 Å². The monoisotopic (exact) mass is 277 g/mol. The second-order valence-electron chi connectivity index (χ2n) is 3.98. The number of aromatic amines is 1. The molecule has 0 bridgehead atoms. The van der Waals surface area contributed by atoms with Gasteiger partial charge in [0.1, 0.15) is 5.69 Å². The lowest BCUT2D eigenvalue weighted by molar-refractivity contribution is 1.12. The molecule has 0 aliphatic carbocycles. The quantitative estimate of drug-likeness (QED) is 0.658. The fourth-order valence-electron chi connectivity index (χ4n) is 1.92. The van der Waals surface area contributed by atoms with Crippen molar-refractivity contribution < 1.29 is 0 Å². The third-order valence-electron chi connectivity index (χ3n) is 2.79. The normalized spacial score (nSPS) is 11.0. The van der Waals surface area contributed by atoms with Crippen molar-refractivity contribution in [3.05, 3.63) is 46.4 Å². The summed E-state index contributed by atoms with van der Waals surface area (Å²) >= 11 is 12.2. The standard InChI is InChI=1S/C13H9Cl2N3/c14-10-3-1-2-8(12(10)15)13-9-6-7(16)4-5-11(9)17-18-13/h1-6H,16H2,(H,17,18). The lowest BCUT2D eigenvalue weighted by Gasteiger charge is -2.03. The van der Waals surface area contributed by atoms with Crippen molar-refractivity contribution in [2.45, 2.75) is 0 Å². The minimum Gasteiger partial charge on any atom is -0.399 e. The predicted octanol–water partition coefficient (Wildman–Crippen LogP) is 4.12. The van der Waals surface area contributed by atoms with Crippen LogP contribution in [0.3, 0.4) is 0 Å². The van der Waals surface area contributed by atoms with Crippen molar-refractivity contribution in [1.82, 2.24) is 10.2 Å². The second kappa shape index (κ2) is 4.19. The Bertz CT molecular complexity index is 734. The summed E-state index contributed by atoms with van der Waals surface area (Å²) in [7, 11) is 0. The van der Waals surface area contributed by atoms with E-state index in [1.54, 1.807) is 6.07 Å². The number of halogens is 2. The molecule has 3 rings (SSSR count). The maximum Gasteiger partial charge on any atom is 0.102 e. The number of H-pyrrole nitrogens is 1. The first-order valence-corrected chi connectivity index (χ1v) is 6.10. The number of fused-ring (bicyclic) bond motifs is 1. The number of nitrogen functional groups attached to an aromatic ring is 1. The van der Waals surface area contributed by atoms with E-state index in [1.807, 2.05) is 30.3 Å². The lowest BCUT2D eigenvalue weighted by Crippen LogP contribution is -1.84.